The number of amides is 1. The summed E-state index contributed by atoms with van der Waals surface area (Å²) in [7, 11) is -0.668. The van der Waals surface area contributed by atoms with Gasteiger partial charge in [0.1, 0.15) is 25.8 Å². The predicted octanol–water partition coefficient (Wildman–Crippen LogP) is 3.68. The third-order valence-electron chi connectivity index (χ3n) is 4.55. The lowest BCUT2D eigenvalue weighted by atomic mass is 10.1. The number of ether oxygens (including phenoxy) is 1. The topological polar surface area (TPSA) is 55.4 Å². The van der Waals surface area contributed by atoms with E-state index in [0.29, 0.717) is 6.07 Å². The van der Waals surface area contributed by atoms with E-state index in [1.54, 1.807) is 0 Å². The van der Waals surface area contributed by atoms with Crippen molar-refractivity contribution in [3.63, 3.8) is 0 Å². The van der Waals surface area contributed by atoms with Crippen LogP contribution in [0.2, 0.25) is 18.1 Å². The molecule has 1 aromatic carbocycles. The van der Waals surface area contributed by atoms with Crippen molar-refractivity contribution < 1.29 is 23.1 Å². The Kier molecular flexibility index (Phi) is 7.10. The summed E-state index contributed by atoms with van der Waals surface area (Å²) in [5.74, 6) is -0.321. The molecule has 142 valence electrons. The Morgan fingerprint density at radius 2 is 1.88 bits per heavy atom. The first-order valence-electron chi connectivity index (χ1n) is 8.23. The summed E-state index contributed by atoms with van der Waals surface area (Å²) in [5, 5.41) is 2.46. The molecule has 0 fully saturated rings. The average Bonchev–Trinajstić information content (AvgIpc) is 2.51. The van der Waals surface area contributed by atoms with Crippen LogP contribution in [-0.2, 0) is 9.53 Å². The molecule has 0 spiro atoms. The van der Waals surface area contributed by atoms with Crippen LogP contribution in [0.5, 0.6) is 0 Å². The van der Waals surface area contributed by atoms with Crippen molar-refractivity contribution in [2.45, 2.75) is 51.4 Å². The lowest BCUT2D eigenvalue weighted by molar-refractivity contribution is -0.142. The third kappa shape index (κ3) is 5.66. The molecule has 0 aromatic heterocycles. The molecule has 26 heavy (non-hydrogen) atoms. The molecule has 1 amide bonds. The molecule has 7 heteroatoms. The van der Waals surface area contributed by atoms with Crippen LogP contribution in [0.1, 0.15) is 37.6 Å². The van der Waals surface area contributed by atoms with Gasteiger partial charge in [0.2, 0.25) is 0 Å². The second-order valence-electron chi connectivity index (χ2n) is 7.55. The largest absolute Gasteiger partial charge is 0.467 e. The smallest absolute Gasteiger partial charge is 0.329 e. The normalized spacial score (nSPS) is 12.6. The molecule has 0 heterocycles. The Morgan fingerprint density at radius 1 is 1.27 bits per heavy atom. The molecule has 1 aromatic rings. The Hall–Kier alpha value is -2.20. The Morgan fingerprint density at radius 3 is 2.38 bits per heavy atom. The van der Waals surface area contributed by atoms with Crippen LogP contribution in [0.25, 0.3) is 0 Å². The van der Waals surface area contributed by atoms with E-state index in [1.165, 1.54) is 7.11 Å². The number of nitrogens with one attached hydrogen (secondary N) is 1. The standard InChI is InChI=1S/C19H25F2NO3Si/c1-19(2,3)26(5,6)11-7-8-16(18(24)25-4)22-17(23)14-10-9-13(20)12-15(14)21/h9-10,12,16H,8H2,1-6H3,(H,22,23)/t16-/m0/s1. The van der Waals surface area contributed by atoms with Crippen LogP contribution in [0.4, 0.5) is 8.78 Å². The van der Waals surface area contributed by atoms with Crippen molar-refractivity contribution in [1.82, 2.24) is 5.32 Å². The van der Waals surface area contributed by atoms with Gasteiger partial charge in [0.05, 0.1) is 12.7 Å². The van der Waals surface area contributed by atoms with E-state index in [1.807, 2.05) is 0 Å². The van der Waals surface area contributed by atoms with Crippen molar-refractivity contribution in [1.29, 1.82) is 0 Å². The highest BCUT2D eigenvalue weighted by molar-refractivity contribution is 6.87. The summed E-state index contributed by atoms with van der Waals surface area (Å²) in [6.45, 7) is 10.6. The molecule has 0 saturated carbocycles. The fourth-order valence-electron chi connectivity index (χ4n) is 1.81. The second kappa shape index (κ2) is 8.45. The lowest BCUT2D eigenvalue weighted by Gasteiger charge is -2.31. The van der Waals surface area contributed by atoms with Crippen LogP contribution < -0.4 is 5.32 Å². The summed E-state index contributed by atoms with van der Waals surface area (Å²) in [4.78, 5) is 24.1. The molecular weight excluding hydrogens is 356 g/mol. The quantitative estimate of drug-likeness (QED) is 0.492. The molecule has 4 nitrogen and oxygen atoms in total. The molecular formula is C19H25F2NO3Si. The lowest BCUT2D eigenvalue weighted by Crippen LogP contribution is -2.42. The van der Waals surface area contributed by atoms with E-state index in [-0.39, 0.29) is 17.0 Å². The summed E-state index contributed by atoms with van der Waals surface area (Å²) < 4.78 is 31.4. The van der Waals surface area contributed by atoms with Gasteiger partial charge in [0, 0.05) is 12.5 Å². The zero-order valence-corrected chi connectivity index (χ0v) is 17.0. The number of benzene rings is 1. The minimum atomic E-state index is -1.86. The number of hydrogen-bond donors (Lipinski definition) is 1. The van der Waals surface area contributed by atoms with E-state index >= 15 is 0 Å². The number of carbonyl (C=O) groups excluding carboxylic acids is 2. The summed E-state index contributed by atoms with van der Waals surface area (Å²) in [6, 6.07) is 1.58. The van der Waals surface area contributed by atoms with Crippen LogP contribution in [0.15, 0.2) is 18.2 Å². The highest BCUT2D eigenvalue weighted by atomic mass is 28.3. The van der Waals surface area contributed by atoms with Gasteiger partial charge < -0.3 is 10.1 Å². The van der Waals surface area contributed by atoms with Crippen molar-refractivity contribution >= 4 is 20.0 Å². The highest BCUT2D eigenvalue weighted by Gasteiger charge is 2.33. The molecule has 1 atom stereocenters. The van der Waals surface area contributed by atoms with E-state index in [2.05, 4.69) is 55.4 Å². The minimum Gasteiger partial charge on any atom is -0.467 e. The van der Waals surface area contributed by atoms with E-state index in [0.717, 1.165) is 12.1 Å². The van der Waals surface area contributed by atoms with Crippen LogP contribution >= 0.6 is 0 Å². The van der Waals surface area contributed by atoms with E-state index in [4.69, 9.17) is 0 Å². The number of rotatable bonds is 4. The molecule has 0 aliphatic heterocycles. The molecule has 0 aliphatic rings. The van der Waals surface area contributed by atoms with Gasteiger partial charge in [-0.3, -0.25) is 4.79 Å². The van der Waals surface area contributed by atoms with Gasteiger partial charge in [-0.15, -0.1) is 11.5 Å². The van der Waals surface area contributed by atoms with Gasteiger partial charge in [0.15, 0.2) is 0 Å². The van der Waals surface area contributed by atoms with Crippen LogP contribution in [-0.4, -0.2) is 33.1 Å². The van der Waals surface area contributed by atoms with E-state index in [9.17, 15) is 18.4 Å². The first-order chi connectivity index (χ1) is 11.9. The van der Waals surface area contributed by atoms with E-state index < -0.39 is 37.6 Å². The zero-order chi connectivity index (χ0) is 20.1. The van der Waals surface area contributed by atoms with Gasteiger partial charge in [-0.1, -0.05) is 33.9 Å². The number of esters is 1. The first kappa shape index (κ1) is 21.8. The molecule has 0 saturated heterocycles. The Balaban J connectivity index is 2.96. The van der Waals surface area contributed by atoms with Crippen LogP contribution in [0.3, 0.4) is 0 Å². The van der Waals surface area contributed by atoms with Crippen LogP contribution in [0, 0.1) is 23.1 Å². The number of hydrogen-bond acceptors (Lipinski definition) is 3. The fourth-order valence-corrected chi connectivity index (χ4v) is 2.73. The van der Waals surface area contributed by atoms with Gasteiger partial charge >= 0.3 is 5.97 Å². The zero-order valence-electron chi connectivity index (χ0n) is 16.0. The van der Waals surface area contributed by atoms with Gasteiger partial charge in [-0.25, -0.2) is 13.6 Å². The molecule has 0 bridgehead atoms. The second-order valence-corrected chi connectivity index (χ2v) is 12.6. The van der Waals surface area contributed by atoms with Crippen molar-refractivity contribution in [3.05, 3.63) is 35.4 Å². The molecule has 1 rings (SSSR count). The van der Waals surface area contributed by atoms with Crippen molar-refractivity contribution in [2.75, 3.05) is 7.11 Å². The maximum Gasteiger partial charge on any atom is 0.329 e. The third-order valence-corrected chi connectivity index (χ3v) is 9.10. The van der Waals surface area contributed by atoms with Crippen molar-refractivity contribution in [3.8, 4) is 11.5 Å². The number of halogens is 2. The fraction of sp³-hybridized carbons (Fsp3) is 0.474. The maximum absolute atomic E-state index is 13.7. The molecule has 0 radical (unpaired) electrons. The highest BCUT2D eigenvalue weighted by Crippen LogP contribution is 2.35. The molecule has 1 N–H and O–H groups in total. The maximum atomic E-state index is 13.7. The SMILES string of the molecule is COC(=O)[C@H](CC#C[Si](C)(C)C(C)(C)C)NC(=O)c1ccc(F)cc1F. The van der Waals surface area contributed by atoms with Gasteiger partial charge in [-0.2, -0.15) is 0 Å². The monoisotopic (exact) mass is 381 g/mol. The Bertz CT molecular complexity index is 745. The number of carbonyl (C=O) groups is 2. The summed E-state index contributed by atoms with van der Waals surface area (Å²) in [5.41, 5.74) is 2.90. The number of methoxy groups -OCH3 is 1. The molecule has 0 aliphatic carbocycles. The minimum absolute atomic E-state index is 0.0493. The predicted molar refractivity (Wildman–Crippen MR) is 99.2 cm³/mol. The first-order valence-corrected chi connectivity index (χ1v) is 11.2. The summed E-state index contributed by atoms with van der Waals surface area (Å²) >= 11 is 0. The Labute approximate surface area is 154 Å². The molecule has 0 unspecified atom stereocenters. The summed E-state index contributed by atoms with van der Waals surface area (Å²) in [6.07, 6.45) is 0.0493. The van der Waals surface area contributed by atoms with Gasteiger partial charge in [0.25, 0.3) is 5.91 Å². The van der Waals surface area contributed by atoms with Gasteiger partial charge in [-0.05, 0) is 17.2 Å². The average molecular weight is 381 g/mol. The van der Waals surface area contributed by atoms with Crippen molar-refractivity contribution in [2.24, 2.45) is 0 Å².